The third-order valence-electron chi connectivity index (χ3n) is 4.25. The lowest BCUT2D eigenvalue weighted by molar-refractivity contribution is 0.0506. The van der Waals surface area contributed by atoms with Gasteiger partial charge in [0.25, 0.3) is 5.91 Å². The fourth-order valence-corrected chi connectivity index (χ4v) is 3.31. The molecule has 0 spiro atoms. The Morgan fingerprint density at radius 1 is 1.24 bits per heavy atom. The summed E-state index contributed by atoms with van der Waals surface area (Å²) in [6.45, 7) is 1.42. The molecule has 0 bridgehead atoms. The summed E-state index contributed by atoms with van der Waals surface area (Å²) in [5.41, 5.74) is 1.02. The number of nitrogens with zero attached hydrogens (tertiary/aromatic N) is 1. The molecule has 0 radical (unpaired) electrons. The average molecular weight is 380 g/mol. The van der Waals surface area contributed by atoms with Crippen LogP contribution in [0.5, 0.6) is 5.75 Å². The fraction of sp³-hybridized carbons (Fsp3) is 0.316. The van der Waals surface area contributed by atoms with E-state index in [1.807, 2.05) is 6.07 Å². The zero-order chi connectivity index (χ0) is 17.8. The largest absolute Gasteiger partial charge is 0.508 e. The summed E-state index contributed by atoms with van der Waals surface area (Å²) in [5.74, 6) is -0.0731. The summed E-state index contributed by atoms with van der Waals surface area (Å²) in [4.78, 5) is 14.7. The number of hydrogen-bond donors (Lipinski definition) is 1. The van der Waals surface area contributed by atoms with E-state index in [0.29, 0.717) is 34.3 Å². The lowest BCUT2D eigenvalue weighted by Crippen LogP contribution is -2.37. The number of aromatic hydroxyl groups is 1. The Labute approximate surface area is 156 Å². The topological polar surface area (TPSA) is 49.8 Å². The molecule has 1 aliphatic heterocycles. The number of hydrogen-bond acceptors (Lipinski definition) is 3. The highest BCUT2D eigenvalue weighted by Gasteiger charge is 2.25. The Hall–Kier alpha value is -1.75. The second-order valence-electron chi connectivity index (χ2n) is 6.07. The van der Waals surface area contributed by atoms with E-state index in [2.05, 4.69) is 0 Å². The summed E-state index contributed by atoms with van der Waals surface area (Å²) in [5, 5.41) is 10.9. The molecule has 2 aromatic carbocycles. The van der Waals surface area contributed by atoms with Gasteiger partial charge >= 0.3 is 0 Å². The van der Waals surface area contributed by atoms with E-state index in [-0.39, 0.29) is 24.3 Å². The van der Waals surface area contributed by atoms with Gasteiger partial charge in [0.05, 0.1) is 16.7 Å². The highest BCUT2D eigenvalue weighted by Crippen LogP contribution is 2.26. The normalized spacial score (nSPS) is 16.8. The summed E-state index contributed by atoms with van der Waals surface area (Å²) >= 11 is 12.2. The molecular formula is C19H19Cl2NO3. The van der Waals surface area contributed by atoms with Gasteiger partial charge in [0.1, 0.15) is 5.75 Å². The lowest BCUT2D eigenvalue weighted by atomic mass is 10.1. The number of phenols is 1. The van der Waals surface area contributed by atoms with E-state index in [4.69, 9.17) is 27.9 Å². The van der Waals surface area contributed by atoms with Crippen LogP contribution in [0.15, 0.2) is 42.5 Å². The van der Waals surface area contributed by atoms with E-state index in [1.54, 1.807) is 41.3 Å². The SMILES string of the molecule is O=C(c1cc(Cl)ccc1Cl)N(Cc1ccccc1O)CC1CCCO1. The number of carbonyl (C=O) groups is 1. The van der Waals surface area contributed by atoms with E-state index in [9.17, 15) is 9.90 Å². The van der Waals surface area contributed by atoms with E-state index in [1.165, 1.54) is 0 Å². The monoisotopic (exact) mass is 379 g/mol. The van der Waals surface area contributed by atoms with Gasteiger partial charge in [0, 0.05) is 30.3 Å². The first kappa shape index (κ1) is 18.1. The maximum atomic E-state index is 13.1. The molecule has 1 fully saturated rings. The Kier molecular flexibility index (Phi) is 5.84. The molecule has 0 aromatic heterocycles. The molecule has 1 N–H and O–H groups in total. The molecule has 0 saturated carbocycles. The third kappa shape index (κ3) is 4.46. The molecule has 1 heterocycles. The zero-order valence-corrected chi connectivity index (χ0v) is 15.1. The van der Waals surface area contributed by atoms with Gasteiger partial charge in [-0.2, -0.15) is 0 Å². The fourth-order valence-electron chi connectivity index (χ4n) is 2.94. The van der Waals surface area contributed by atoms with Crippen LogP contribution < -0.4 is 0 Å². The van der Waals surface area contributed by atoms with Crippen molar-refractivity contribution in [2.45, 2.75) is 25.5 Å². The van der Waals surface area contributed by atoms with Crippen molar-refractivity contribution in [2.75, 3.05) is 13.2 Å². The van der Waals surface area contributed by atoms with Gasteiger partial charge in [0.15, 0.2) is 0 Å². The first-order valence-electron chi connectivity index (χ1n) is 8.17. The van der Waals surface area contributed by atoms with Crippen LogP contribution in [-0.2, 0) is 11.3 Å². The Bertz CT molecular complexity index is 760. The number of benzene rings is 2. The van der Waals surface area contributed by atoms with E-state index < -0.39 is 0 Å². The van der Waals surface area contributed by atoms with Crippen LogP contribution in [0, 0.1) is 0 Å². The van der Waals surface area contributed by atoms with Crippen LogP contribution in [0.1, 0.15) is 28.8 Å². The highest BCUT2D eigenvalue weighted by atomic mass is 35.5. The van der Waals surface area contributed by atoms with Gasteiger partial charge in [0.2, 0.25) is 0 Å². The summed E-state index contributed by atoms with van der Waals surface area (Å²) in [6, 6.07) is 11.8. The van der Waals surface area contributed by atoms with Crippen molar-refractivity contribution in [2.24, 2.45) is 0 Å². The molecule has 25 heavy (non-hydrogen) atoms. The van der Waals surface area contributed by atoms with Gasteiger partial charge < -0.3 is 14.7 Å². The average Bonchev–Trinajstić information content (AvgIpc) is 3.11. The lowest BCUT2D eigenvalue weighted by Gasteiger charge is -2.26. The minimum Gasteiger partial charge on any atom is -0.508 e. The molecule has 0 aliphatic carbocycles. The molecule has 1 saturated heterocycles. The van der Waals surface area contributed by atoms with Crippen LogP contribution in [-0.4, -0.2) is 35.2 Å². The summed E-state index contributed by atoms with van der Waals surface area (Å²) in [6.07, 6.45) is 1.89. The molecular weight excluding hydrogens is 361 g/mol. The second kappa shape index (κ2) is 8.09. The number of phenolic OH excluding ortho intramolecular Hbond substituents is 1. The van der Waals surface area contributed by atoms with E-state index >= 15 is 0 Å². The minimum atomic E-state index is -0.230. The van der Waals surface area contributed by atoms with Crippen molar-refractivity contribution in [3.8, 4) is 5.75 Å². The molecule has 1 atom stereocenters. The van der Waals surface area contributed by atoms with Gasteiger partial charge in [-0.1, -0.05) is 41.4 Å². The third-order valence-corrected chi connectivity index (χ3v) is 4.81. The Morgan fingerprint density at radius 2 is 2.04 bits per heavy atom. The summed E-state index contributed by atoms with van der Waals surface area (Å²) < 4.78 is 5.68. The molecule has 1 aliphatic rings. The molecule has 1 amide bonds. The van der Waals surface area contributed by atoms with Crippen LogP contribution in [0.4, 0.5) is 0 Å². The number of amides is 1. The highest BCUT2D eigenvalue weighted by molar-refractivity contribution is 6.35. The van der Waals surface area contributed by atoms with Gasteiger partial charge in [-0.25, -0.2) is 0 Å². The molecule has 2 aromatic rings. The van der Waals surface area contributed by atoms with Crippen molar-refractivity contribution in [1.82, 2.24) is 4.90 Å². The van der Waals surface area contributed by atoms with Crippen LogP contribution >= 0.6 is 23.2 Å². The van der Waals surface area contributed by atoms with Crippen molar-refractivity contribution >= 4 is 29.1 Å². The second-order valence-corrected chi connectivity index (χ2v) is 6.92. The predicted molar refractivity (Wildman–Crippen MR) is 98.3 cm³/mol. The predicted octanol–water partition coefficient (Wildman–Crippen LogP) is 4.52. The number of carbonyl (C=O) groups excluding carboxylic acids is 1. The molecule has 6 heteroatoms. The Morgan fingerprint density at radius 3 is 2.76 bits per heavy atom. The first-order valence-corrected chi connectivity index (χ1v) is 8.93. The smallest absolute Gasteiger partial charge is 0.255 e. The van der Waals surface area contributed by atoms with E-state index in [0.717, 1.165) is 12.8 Å². The molecule has 132 valence electrons. The quantitative estimate of drug-likeness (QED) is 0.830. The first-order chi connectivity index (χ1) is 12.0. The maximum Gasteiger partial charge on any atom is 0.255 e. The molecule has 1 unspecified atom stereocenters. The maximum absolute atomic E-state index is 13.1. The van der Waals surface area contributed by atoms with Crippen LogP contribution in [0.2, 0.25) is 10.0 Å². The van der Waals surface area contributed by atoms with Crippen molar-refractivity contribution in [3.63, 3.8) is 0 Å². The number of ether oxygens (including phenoxy) is 1. The van der Waals surface area contributed by atoms with Gasteiger partial charge in [-0.3, -0.25) is 4.79 Å². The number of rotatable bonds is 5. The van der Waals surface area contributed by atoms with Gasteiger partial charge in [-0.15, -0.1) is 0 Å². The van der Waals surface area contributed by atoms with Crippen molar-refractivity contribution < 1.29 is 14.6 Å². The summed E-state index contributed by atoms with van der Waals surface area (Å²) in [7, 11) is 0. The molecule has 3 rings (SSSR count). The Balaban J connectivity index is 1.88. The van der Waals surface area contributed by atoms with Crippen LogP contribution in [0.25, 0.3) is 0 Å². The van der Waals surface area contributed by atoms with Crippen LogP contribution in [0.3, 0.4) is 0 Å². The standard InChI is InChI=1S/C19H19Cl2NO3/c20-14-7-8-17(21)16(10-14)19(24)22(12-15-5-3-9-25-15)11-13-4-1-2-6-18(13)23/h1-2,4,6-8,10,15,23H,3,5,9,11-12H2. The minimum absolute atomic E-state index is 0.00670. The van der Waals surface area contributed by atoms with Crippen molar-refractivity contribution in [3.05, 3.63) is 63.6 Å². The zero-order valence-electron chi connectivity index (χ0n) is 13.6. The van der Waals surface area contributed by atoms with Gasteiger partial charge in [-0.05, 0) is 37.1 Å². The van der Waals surface area contributed by atoms with Crippen molar-refractivity contribution in [1.29, 1.82) is 0 Å². The number of halogens is 2. The number of para-hydroxylation sites is 1. The molecule has 4 nitrogen and oxygen atoms in total.